The maximum absolute atomic E-state index is 12.0. The van der Waals surface area contributed by atoms with Gasteiger partial charge < -0.3 is 9.84 Å². The summed E-state index contributed by atoms with van der Waals surface area (Å²) in [6.07, 6.45) is -0.0214. The highest BCUT2D eigenvalue weighted by Gasteiger charge is 2.30. The molecule has 0 aliphatic carbocycles. The molecule has 1 aromatic heterocycles. The third-order valence-electron chi connectivity index (χ3n) is 7.56. The molecule has 1 atom stereocenters. The SMILES string of the molecule is [C-]#[N+]c1ccc2c(c1)CN(Cc1cc([C@@H](CC(=O)O)c3ccc4c(nnn4C)c3C)ccc1C)CC(C)(C)O2. The Morgan fingerprint density at radius 2 is 1.97 bits per heavy atom. The topological polar surface area (TPSA) is 84.8 Å². The number of carboxylic acids is 1. The normalized spacial score (nSPS) is 15.7. The van der Waals surface area contributed by atoms with Crippen LogP contribution in [0.1, 0.15) is 59.6 Å². The standard InChI is InChI=1S/C31H33N5O3/c1-19-7-8-21(26(15-29(37)38)25-10-11-27-30(20(25)2)33-34-35(27)6)13-22(19)16-36-17-23-14-24(32-5)9-12-28(23)39-31(3,4)18-36/h7-14,26H,15-18H2,1-4,6H3,(H,37,38)/t26-/m1/s1. The molecule has 0 spiro atoms. The molecule has 1 aliphatic rings. The molecule has 1 aliphatic heterocycles. The molecular weight excluding hydrogens is 490 g/mol. The molecular formula is C31H33N5O3. The number of fused-ring (bicyclic) bond motifs is 2. The van der Waals surface area contributed by atoms with Gasteiger partial charge in [-0.05, 0) is 79.3 Å². The van der Waals surface area contributed by atoms with Crippen molar-refractivity contribution in [1.29, 1.82) is 0 Å². The number of aromatic nitrogens is 3. The molecule has 0 amide bonds. The van der Waals surface area contributed by atoms with Crippen molar-refractivity contribution in [3.63, 3.8) is 0 Å². The predicted octanol–water partition coefficient (Wildman–Crippen LogP) is 5.92. The number of hydrogen-bond acceptors (Lipinski definition) is 5. The predicted molar refractivity (Wildman–Crippen MR) is 150 cm³/mol. The Morgan fingerprint density at radius 3 is 2.72 bits per heavy atom. The minimum atomic E-state index is -0.848. The zero-order valence-corrected chi connectivity index (χ0v) is 23.0. The van der Waals surface area contributed by atoms with E-state index in [9.17, 15) is 9.90 Å². The van der Waals surface area contributed by atoms with E-state index in [1.807, 2.05) is 44.3 Å². The summed E-state index contributed by atoms with van der Waals surface area (Å²) in [7, 11) is 1.85. The zero-order chi connectivity index (χ0) is 27.9. The summed E-state index contributed by atoms with van der Waals surface area (Å²) in [5, 5.41) is 18.3. The van der Waals surface area contributed by atoms with Crippen molar-refractivity contribution in [2.75, 3.05) is 6.54 Å². The molecule has 0 saturated carbocycles. The fraction of sp³-hybridized carbons (Fsp3) is 0.355. The Labute approximate surface area is 228 Å². The first-order valence-electron chi connectivity index (χ1n) is 13.1. The van der Waals surface area contributed by atoms with Gasteiger partial charge in [0, 0.05) is 32.6 Å². The van der Waals surface area contributed by atoms with Crippen LogP contribution in [0.4, 0.5) is 5.69 Å². The summed E-state index contributed by atoms with van der Waals surface area (Å²) in [6.45, 7) is 17.7. The molecule has 5 rings (SSSR count). The second-order valence-electron chi connectivity index (χ2n) is 11.1. The van der Waals surface area contributed by atoms with Crippen LogP contribution >= 0.6 is 0 Å². The van der Waals surface area contributed by atoms with E-state index < -0.39 is 11.6 Å². The third kappa shape index (κ3) is 5.36. The fourth-order valence-corrected chi connectivity index (χ4v) is 5.66. The summed E-state index contributed by atoms with van der Waals surface area (Å²) in [5.41, 5.74) is 8.05. The van der Waals surface area contributed by atoms with E-state index in [2.05, 4.69) is 53.0 Å². The van der Waals surface area contributed by atoms with Gasteiger partial charge in [0.25, 0.3) is 0 Å². The van der Waals surface area contributed by atoms with Gasteiger partial charge in [-0.15, -0.1) is 5.10 Å². The Morgan fingerprint density at radius 1 is 1.18 bits per heavy atom. The first kappa shape index (κ1) is 26.4. The Kier molecular flexibility index (Phi) is 6.87. The number of rotatable bonds is 6. The van der Waals surface area contributed by atoms with Crippen LogP contribution < -0.4 is 4.74 Å². The van der Waals surface area contributed by atoms with Crippen LogP contribution in [-0.4, -0.2) is 43.1 Å². The second-order valence-corrected chi connectivity index (χ2v) is 11.1. The van der Waals surface area contributed by atoms with Gasteiger partial charge in [0.2, 0.25) is 0 Å². The van der Waals surface area contributed by atoms with E-state index in [0.29, 0.717) is 25.3 Å². The number of nitrogens with zero attached hydrogens (tertiary/aromatic N) is 5. The number of ether oxygens (including phenoxy) is 1. The van der Waals surface area contributed by atoms with Crippen molar-refractivity contribution in [2.45, 2.75) is 58.7 Å². The van der Waals surface area contributed by atoms with Crippen molar-refractivity contribution in [1.82, 2.24) is 19.9 Å². The largest absolute Gasteiger partial charge is 0.486 e. The molecule has 4 aromatic rings. The minimum absolute atomic E-state index is 0.0214. The van der Waals surface area contributed by atoms with Crippen molar-refractivity contribution < 1.29 is 14.6 Å². The maximum atomic E-state index is 12.0. The number of carbonyl (C=O) groups is 1. The van der Waals surface area contributed by atoms with E-state index >= 15 is 0 Å². The fourth-order valence-electron chi connectivity index (χ4n) is 5.66. The number of hydrogen-bond donors (Lipinski definition) is 1. The first-order chi connectivity index (χ1) is 18.5. The lowest BCUT2D eigenvalue weighted by molar-refractivity contribution is -0.137. The number of benzene rings is 3. The van der Waals surface area contributed by atoms with Crippen LogP contribution in [0.15, 0.2) is 48.5 Å². The molecule has 0 radical (unpaired) electrons. The molecule has 0 unspecified atom stereocenters. The van der Waals surface area contributed by atoms with Crippen molar-refractivity contribution >= 4 is 22.7 Å². The van der Waals surface area contributed by atoms with Gasteiger partial charge >= 0.3 is 5.97 Å². The number of aliphatic carboxylic acids is 1. The van der Waals surface area contributed by atoms with Gasteiger partial charge in [-0.3, -0.25) is 9.69 Å². The lowest BCUT2D eigenvalue weighted by atomic mass is 9.84. The van der Waals surface area contributed by atoms with Crippen LogP contribution in [0.5, 0.6) is 5.75 Å². The summed E-state index contributed by atoms with van der Waals surface area (Å²) in [4.78, 5) is 17.9. The number of aryl methyl sites for hydroxylation is 3. The van der Waals surface area contributed by atoms with Gasteiger partial charge in [-0.2, -0.15) is 0 Å². The molecule has 200 valence electrons. The van der Waals surface area contributed by atoms with E-state index in [4.69, 9.17) is 11.3 Å². The molecule has 8 heteroatoms. The maximum Gasteiger partial charge on any atom is 0.304 e. The molecule has 0 bridgehead atoms. The molecule has 39 heavy (non-hydrogen) atoms. The molecule has 0 fully saturated rings. The average Bonchev–Trinajstić information content (AvgIpc) is 3.20. The van der Waals surface area contributed by atoms with E-state index in [-0.39, 0.29) is 12.3 Å². The molecule has 1 N–H and O–H groups in total. The smallest absolute Gasteiger partial charge is 0.304 e. The van der Waals surface area contributed by atoms with Gasteiger partial charge in [-0.25, -0.2) is 9.53 Å². The Hall–Kier alpha value is -4.22. The zero-order valence-electron chi connectivity index (χ0n) is 23.0. The summed E-state index contributed by atoms with van der Waals surface area (Å²) < 4.78 is 8.06. The Bertz CT molecular complexity index is 1610. The lowest BCUT2D eigenvalue weighted by Gasteiger charge is -2.30. The van der Waals surface area contributed by atoms with Crippen molar-refractivity contribution in [3.05, 3.63) is 93.3 Å². The number of carboxylic acid groups (broad SMARTS) is 1. The van der Waals surface area contributed by atoms with Crippen LogP contribution in [0.25, 0.3) is 15.9 Å². The van der Waals surface area contributed by atoms with E-state index in [1.165, 1.54) is 0 Å². The van der Waals surface area contributed by atoms with Crippen LogP contribution in [0.2, 0.25) is 0 Å². The van der Waals surface area contributed by atoms with Crippen molar-refractivity contribution in [2.24, 2.45) is 7.05 Å². The highest BCUT2D eigenvalue weighted by Crippen LogP contribution is 2.36. The molecule has 2 heterocycles. The van der Waals surface area contributed by atoms with E-state index in [0.717, 1.165) is 50.2 Å². The Balaban J connectivity index is 1.51. The van der Waals surface area contributed by atoms with Gasteiger partial charge in [-0.1, -0.05) is 35.5 Å². The van der Waals surface area contributed by atoms with Gasteiger partial charge in [0.1, 0.15) is 16.9 Å². The van der Waals surface area contributed by atoms with Gasteiger partial charge in [0.05, 0.1) is 18.5 Å². The first-order valence-corrected chi connectivity index (χ1v) is 13.1. The van der Waals surface area contributed by atoms with Gasteiger partial charge in [0.15, 0.2) is 5.69 Å². The van der Waals surface area contributed by atoms with Crippen LogP contribution in [0.3, 0.4) is 0 Å². The van der Waals surface area contributed by atoms with Crippen LogP contribution in [0, 0.1) is 20.4 Å². The molecule has 8 nitrogen and oxygen atoms in total. The highest BCUT2D eigenvalue weighted by molar-refractivity contribution is 5.80. The monoisotopic (exact) mass is 523 g/mol. The quantitative estimate of drug-likeness (QED) is 0.316. The summed E-state index contributed by atoms with van der Waals surface area (Å²) >= 11 is 0. The van der Waals surface area contributed by atoms with Crippen molar-refractivity contribution in [3.8, 4) is 5.75 Å². The summed E-state index contributed by atoms with van der Waals surface area (Å²) in [6, 6.07) is 15.9. The van der Waals surface area contributed by atoms with Crippen LogP contribution in [-0.2, 0) is 24.9 Å². The molecule has 3 aromatic carbocycles. The highest BCUT2D eigenvalue weighted by atomic mass is 16.5. The van der Waals surface area contributed by atoms with E-state index in [1.54, 1.807) is 10.7 Å². The molecule has 0 saturated heterocycles. The lowest BCUT2D eigenvalue weighted by Crippen LogP contribution is -2.40. The summed E-state index contributed by atoms with van der Waals surface area (Å²) in [5.74, 6) is -0.352. The average molecular weight is 524 g/mol. The third-order valence-corrected chi connectivity index (χ3v) is 7.56. The second kappa shape index (κ2) is 10.2. The minimum Gasteiger partial charge on any atom is -0.486 e.